The molecule has 1 fully saturated rings. The molecular weight excluding hydrogens is 282 g/mol. The first kappa shape index (κ1) is 14.8. The fourth-order valence-corrected chi connectivity index (χ4v) is 2.23. The summed E-state index contributed by atoms with van der Waals surface area (Å²) in [5, 5.41) is 11.8. The second-order valence-electron chi connectivity index (χ2n) is 4.79. The van der Waals surface area contributed by atoms with Crippen molar-refractivity contribution in [3.63, 3.8) is 0 Å². The van der Waals surface area contributed by atoms with E-state index < -0.39 is 11.4 Å². The highest BCUT2D eigenvalue weighted by Crippen LogP contribution is 2.48. The standard InChI is InChI=1S/C14H16ClNO4/c15-11-3-1-10(2-4-11)14(5-6-14)13(19)16-7-8-20-9-12(17)18/h1-4H,5-9H2,(H,16,19)(H,17,18). The van der Waals surface area contributed by atoms with Crippen LogP contribution in [-0.2, 0) is 19.7 Å². The number of carbonyl (C=O) groups excluding carboxylic acids is 1. The Kier molecular flexibility index (Phi) is 4.62. The third-order valence-electron chi connectivity index (χ3n) is 3.34. The summed E-state index contributed by atoms with van der Waals surface area (Å²) in [6, 6.07) is 7.30. The largest absolute Gasteiger partial charge is 0.480 e. The van der Waals surface area contributed by atoms with Gasteiger partial charge < -0.3 is 15.2 Å². The van der Waals surface area contributed by atoms with Crippen molar-refractivity contribution >= 4 is 23.5 Å². The van der Waals surface area contributed by atoms with Crippen LogP contribution in [0.5, 0.6) is 0 Å². The van der Waals surface area contributed by atoms with Crippen molar-refractivity contribution < 1.29 is 19.4 Å². The zero-order valence-electron chi connectivity index (χ0n) is 10.9. The van der Waals surface area contributed by atoms with Crippen LogP contribution in [0.15, 0.2) is 24.3 Å². The minimum absolute atomic E-state index is 0.0428. The molecule has 2 rings (SSSR count). The molecule has 6 heteroatoms. The fraction of sp³-hybridized carbons (Fsp3) is 0.429. The van der Waals surface area contributed by atoms with Crippen LogP contribution in [-0.4, -0.2) is 36.7 Å². The summed E-state index contributed by atoms with van der Waals surface area (Å²) in [7, 11) is 0. The molecule has 2 N–H and O–H groups in total. The van der Waals surface area contributed by atoms with Gasteiger partial charge in [0.2, 0.25) is 5.91 Å². The van der Waals surface area contributed by atoms with Gasteiger partial charge in [0.15, 0.2) is 0 Å². The van der Waals surface area contributed by atoms with Gasteiger partial charge in [0.05, 0.1) is 12.0 Å². The first-order chi connectivity index (χ1) is 9.54. The van der Waals surface area contributed by atoms with E-state index in [2.05, 4.69) is 5.32 Å². The van der Waals surface area contributed by atoms with Crippen molar-refractivity contribution in [2.24, 2.45) is 0 Å². The van der Waals surface area contributed by atoms with Crippen molar-refractivity contribution in [3.05, 3.63) is 34.9 Å². The van der Waals surface area contributed by atoms with E-state index in [1.165, 1.54) is 0 Å². The zero-order valence-corrected chi connectivity index (χ0v) is 11.7. The van der Waals surface area contributed by atoms with E-state index in [0.717, 1.165) is 18.4 Å². The molecule has 20 heavy (non-hydrogen) atoms. The van der Waals surface area contributed by atoms with E-state index in [1.54, 1.807) is 12.1 Å². The van der Waals surface area contributed by atoms with Crippen molar-refractivity contribution in [2.45, 2.75) is 18.3 Å². The van der Waals surface area contributed by atoms with Gasteiger partial charge in [-0.2, -0.15) is 0 Å². The van der Waals surface area contributed by atoms with Gasteiger partial charge in [0.1, 0.15) is 6.61 Å². The van der Waals surface area contributed by atoms with Crippen molar-refractivity contribution in [3.8, 4) is 0 Å². The van der Waals surface area contributed by atoms with Crippen LogP contribution in [0.4, 0.5) is 0 Å². The molecule has 1 aromatic rings. The van der Waals surface area contributed by atoms with E-state index in [0.29, 0.717) is 11.6 Å². The quantitative estimate of drug-likeness (QED) is 0.749. The Hall–Kier alpha value is -1.59. The first-order valence-electron chi connectivity index (χ1n) is 6.38. The summed E-state index contributed by atoms with van der Waals surface area (Å²) in [5.41, 5.74) is 0.517. The molecule has 1 aliphatic carbocycles. The molecule has 0 unspecified atom stereocenters. The summed E-state index contributed by atoms with van der Waals surface area (Å²) in [5.74, 6) is -1.06. The molecule has 108 valence electrons. The number of hydrogen-bond donors (Lipinski definition) is 2. The number of rotatable bonds is 7. The number of carboxylic acids is 1. The number of hydrogen-bond acceptors (Lipinski definition) is 3. The van der Waals surface area contributed by atoms with Gasteiger partial charge in [0, 0.05) is 11.6 Å². The van der Waals surface area contributed by atoms with Crippen molar-refractivity contribution in [1.82, 2.24) is 5.32 Å². The average molecular weight is 298 g/mol. The molecule has 0 saturated heterocycles. The zero-order chi connectivity index (χ0) is 14.6. The lowest BCUT2D eigenvalue weighted by Gasteiger charge is -2.15. The molecule has 1 aromatic carbocycles. The molecule has 0 bridgehead atoms. The lowest BCUT2D eigenvalue weighted by molar-refractivity contribution is -0.142. The minimum atomic E-state index is -1.02. The molecule has 0 atom stereocenters. The van der Waals surface area contributed by atoms with Crippen molar-refractivity contribution in [1.29, 1.82) is 0 Å². The Labute approximate surface area is 121 Å². The van der Waals surface area contributed by atoms with Crippen molar-refractivity contribution in [2.75, 3.05) is 19.8 Å². The summed E-state index contributed by atoms with van der Waals surface area (Å²) < 4.78 is 4.87. The average Bonchev–Trinajstić information content (AvgIpc) is 3.20. The number of carboxylic acid groups (broad SMARTS) is 1. The van der Waals surface area contributed by atoms with Crippen LogP contribution < -0.4 is 5.32 Å². The van der Waals surface area contributed by atoms with Gasteiger partial charge in [-0.3, -0.25) is 4.79 Å². The Bertz CT molecular complexity index is 496. The number of halogens is 1. The summed E-state index contributed by atoms with van der Waals surface area (Å²) in [6.07, 6.45) is 1.63. The predicted molar refractivity (Wildman–Crippen MR) is 73.8 cm³/mol. The number of carbonyl (C=O) groups is 2. The Morgan fingerprint density at radius 3 is 2.50 bits per heavy atom. The lowest BCUT2D eigenvalue weighted by Crippen LogP contribution is -2.36. The number of nitrogens with one attached hydrogen (secondary N) is 1. The predicted octanol–water partition coefficient (Wildman–Crippen LogP) is 1.59. The third kappa shape index (κ3) is 3.49. The number of amides is 1. The smallest absolute Gasteiger partial charge is 0.329 e. The molecule has 5 nitrogen and oxygen atoms in total. The molecule has 1 saturated carbocycles. The highest BCUT2D eigenvalue weighted by Gasteiger charge is 2.50. The van der Waals surface area contributed by atoms with Crippen LogP contribution in [0.25, 0.3) is 0 Å². The minimum Gasteiger partial charge on any atom is -0.480 e. The summed E-state index contributed by atoms with van der Waals surface area (Å²) in [4.78, 5) is 22.4. The van der Waals surface area contributed by atoms with E-state index in [-0.39, 0.29) is 19.1 Å². The number of ether oxygens (including phenoxy) is 1. The second-order valence-corrected chi connectivity index (χ2v) is 5.23. The maximum atomic E-state index is 12.2. The van der Waals surface area contributed by atoms with Gasteiger partial charge in [-0.05, 0) is 30.5 Å². The second kappa shape index (κ2) is 6.24. The maximum absolute atomic E-state index is 12.2. The summed E-state index contributed by atoms with van der Waals surface area (Å²) >= 11 is 5.84. The van der Waals surface area contributed by atoms with Gasteiger partial charge >= 0.3 is 5.97 Å². The molecule has 0 aromatic heterocycles. The Morgan fingerprint density at radius 1 is 1.30 bits per heavy atom. The third-order valence-corrected chi connectivity index (χ3v) is 3.59. The van der Waals surface area contributed by atoms with E-state index in [1.807, 2.05) is 12.1 Å². The Balaban J connectivity index is 1.83. The normalized spacial score (nSPS) is 15.7. The molecule has 0 aliphatic heterocycles. The van der Waals surface area contributed by atoms with E-state index in [9.17, 15) is 9.59 Å². The summed E-state index contributed by atoms with van der Waals surface area (Å²) in [6.45, 7) is 0.147. The monoisotopic (exact) mass is 297 g/mol. The highest BCUT2D eigenvalue weighted by molar-refractivity contribution is 6.30. The highest BCUT2D eigenvalue weighted by atomic mass is 35.5. The van der Waals surface area contributed by atoms with Gasteiger partial charge in [-0.1, -0.05) is 23.7 Å². The van der Waals surface area contributed by atoms with Gasteiger partial charge in [0.25, 0.3) is 0 Å². The van der Waals surface area contributed by atoms with E-state index >= 15 is 0 Å². The molecule has 0 heterocycles. The number of aliphatic carboxylic acids is 1. The lowest BCUT2D eigenvalue weighted by atomic mass is 9.95. The van der Waals surface area contributed by atoms with Gasteiger partial charge in [-0.25, -0.2) is 4.79 Å². The molecule has 0 radical (unpaired) electrons. The first-order valence-corrected chi connectivity index (χ1v) is 6.76. The van der Waals surface area contributed by atoms with E-state index in [4.69, 9.17) is 21.4 Å². The van der Waals surface area contributed by atoms with Crippen LogP contribution in [0.2, 0.25) is 5.02 Å². The van der Waals surface area contributed by atoms with Crippen LogP contribution >= 0.6 is 11.6 Å². The number of benzene rings is 1. The van der Waals surface area contributed by atoms with Crippen LogP contribution in [0.3, 0.4) is 0 Å². The molecule has 1 amide bonds. The molecular formula is C14H16ClNO4. The molecule has 1 aliphatic rings. The molecule has 0 spiro atoms. The van der Waals surface area contributed by atoms with Crippen LogP contribution in [0, 0.1) is 0 Å². The maximum Gasteiger partial charge on any atom is 0.329 e. The Morgan fingerprint density at radius 2 is 1.95 bits per heavy atom. The topological polar surface area (TPSA) is 75.6 Å². The SMILES string of the molecule is O=C(O)COCCNC(=O)C1(c2ccc(Cl)cc2)CC1. The van der Waals surface area contributed by atoms with Crippen LogP contribution in [0.1, 0.15) is 18.4 Å². The van der Waals surface area contributed by atoms with Gasteiger partial charge in [-0.15, -0.1) is 0 Å². The fourth-order valence-electron chi connectivity index (χ4n) is 2.11.